The van der Waals surface area contributed by atoms with Gasteiger partial charge in [-0.05, 0) is 47.6 Å². The van der Waals surface area contributed by atoms with E-state index in [1.54, 1.807) is 0 Å². The molecular formula is C15H20N2O2S. The minimum absolute atomic E-state index is 0.101. The van der Waals surface area contributed by atoms with Crippen LogP contribution in [0.25, 0.3) is 11.3 Å². The van der Waals surface area contributed by atoms with Gasteiger partial charge in [-0.25, -0.2) is 0 Å². The fourth-order valence-corrected chi connectivity index (χ4v) is 2.44. The molecule has 1 heterocycles. The van der Waals surface area contributed by atoms with E-state index in [9.17, 15) is 5.11 Å². The molecule has 1 aromatic heterocycles. The van der Waals surface area contributed by atoms with Crippen molar-refractivity contribution in [2.24, 2.45) is 5.41 Å². The maximum atomic E-state index is 9.91. The second kappa shape index (κ2) is 6.33. The van der Waals surface area contributed by atoms with Crippen molar-refractivity contribution in [1.82, 2.24) is 9.59 Å². The van der Waals surface area contributed by atoms with Crippen molar-refractivity contribution in [3.63, 3.8) is 0 Å². The second-order valence-electron chi connectivity index (χ2n) is 6.04. The molecule has 0 bridgehead atoms. The summed E-state index contributed by atoms with van der Waals surface area (Å²) in [6.07, 6.45) is 0.271. The van der Waals surface area contributed by atoms with Crippen LogP contribution in [0.2, 0.25) is 0 Å². The zero-order valence-corrected chi connectivity index (χ0v) is 12.9. The van der Waals surface area contributed by atoms with Gasteiger partial charge in [0.2, 0.25) is 0 Å². The number of aliphatic hydroxyl groups excluding tert-OH is 1. The van der Waals surface area contributed by atoms with Gasteiger partial charge in [-0.1, -0.05) is 25.3 Å². The van der Waals surface area contributed by atoms with Crippen LogP contribution in [0.4, 0.5) is 0 Å². The van der Waals surface area contributed by atoms with Crippen LogP contribution in [0, 0.1) is 5.41 Å². The number of hydrogen-bond acceptors (Lipinski definition) is 5. The summed E-state index contributed by atoms with van der Waals surface area (Å²) in [6, 6.07) is 7.67. The highest BCUT2D eigenvalue weighted by Gasteiger charge is 2.17. The molecule has 1 aromatic carbocycles. The molecule has 1 atom stereocenters. The zero-order chi connectivity index (χ0) is 14.6. The largest absolute Gasteiger partial charge is 0.491 e. The molecule has 0 saturated carbocycles. The lowest BCUT2D eigenvalue weighted by Crippen LogP contribution is -2.23. The van der Waals surface area contributed by atoms with Gasteiger partial charge in [0.1, 0.15) is 18.1 Å². The number of benzene rings is 1. The third-order valence-corrected chi connectivity index (χ3v) is 3.31. The normalized spacial score (nSPS) is 13.2. The molecule has 0 fully saturated rings. The van der Waals surface area contributed by atoms with Crippen LogP contribution >= 0.6 is 11.5 Å². The average Bonchev–Trinajstić information content (AvgIpc) is 2.89. The number of aliphatic hydroxyl groups is 1. The van der Waals surface area contributed by atoms with E-state index in [1.165, 1.54) is 11.5 Å². The molecule has 2 rings (SSSR count). The summed E-state index contributed by atoms with van der Waals surface area (Å²) in [7, 11) is 0. The molecule has 0 aliphatic heterocycles. The van der Waals surface area contributed by atoms with Gasteiger partial charge >= 0.3 is 0 Å². The van der Waals surface area contributed by atoms with Gasteiger partial charge < -0.3 is 9.84 Å². The van der Waals surface area contributed by atoms with Crippen LogP contribution in [-0.4, -0.2) is 27.4 Å². The van der Waals surface area contributed by atoms with Gasteiger partial charge in [-0.2, -0.15) is 0 Å². The van der Waals surface area contributed by atoms with Crippen LogP contribution in [0.3, 0.4) is 0 Å². The van der Waals surface area contributed by atoms with Gasteiger partial charge in [0, 0.05) is 10.9 Å². The first-order valence-electron chi connectivity index (χ1n) is 6.62. The molecule has 4 nitrogen and oxygen atoms in total. The Morgan fingerprint density at radius 3 is 2.50 bits per heavy atom. The van der Waals surface area contributed by atoms with E-state index in [0.717, 1.165) is 23.4 Å². The maximum absolute atomic E-state index is 9.91. The third-order valence-electron chi connectivity index (χ3n) is 2.80. The summed E-state index contributed by atoms with van der Waals surface area (Å²) in [5.41, 5.74) is 1.99. The Morgan fingerprint density at radius 1 is 1.25 bits per heavy atom. The van der Waals surface area contributed by atoms with Crippen molar-refractivity contribution < 1.29 is 9.84 Å². The Kier molecular flexibility index (Phi) is 4.73. The molecule has 0 aliphatic rings. The van der Waals surface area contributed by atoms with Gasteiger partial charge in [-0.15, -0.1) is 5.10 Å². The molecule has 1 N–H and O–H groups in total. The molecule has 0 unspecified atom stereocenters. The Bertz CT molecular complexity index is 518. The smallest absolute Gasteiger partial charge is 0.119 e. The van der Waals surface area contributed by atoms with Crippen molar-refractivity contribution in [2.75, 3.05) is 6.61 Å². The summed E-state index contributed by atoms with van der Waals surface area (Å²) in [6.45, 7) is 6.63. The number of ether oxygens (including phenoxy) is 1. The van der Waals surface area contributed by atoms with E-state index in [-0.39, 0.29) is 5.41 Å². The average molecular weight is 292 g/mol. The van der Waals surface area contributed by atoms with Crippen LogP contribution in [0.15, 0.2) is 29.6 Å². The monoisotopic (exact) mass is 292 g/mol. The van der Waals surface area contributed by atoms with Gasteiger partial charge in [0.15, 0.2) is 0 Å². The predicted octanol–water partition coefficient (Wildman–Crippen LogP) is 3.38. The van der Waals surface area contributed by atoms with Crippen LogP contribution in [0.1, 0.15) is 27.2 Å². The molecule has 2 aromatic rings. The van der Waals surface area contributed by atoms with Crippen LogP contribution in [-0.2, 0) is 0 Å². The first-order valence-corrected chi connectivity index (χ1v) is 7.46. The summed E-state index contributed by atoms with van der Waals surface area (Å²) in [5.74, 6) is 0.755. The van der Waals surface area contributed by atoms with Crippen molar-refractivity contribution in [3.8, 4) is 17.0 Å². The Balaban J connectivity index is 1.88. The predicted molar refractivity (Wildman–Crippen MR) is 80.9 cm³/mol. The quantitative estimate of drug-likeness (QED) is 0.918. The number of hydrogen-bond donors (Lipinski definition) is 1. The van der Waals surface area contributed by atoms with E-state index in [1.807, 2.05) is 29.6 Å². The molecule has 0 saturated heterocycles. The van der Waals surface area contributed by atoms with Crippen molar-refractivity contribution >= 4 is 11.5 Å². The topological polar surface area (TPSA) is 55.2 Å². The molecule has 108 valence electrons. The van der Waals surface area contributed by atoms with Gasteiger partial charge in [0.25, 0.3) is 0 Å². The molecule has 5 heteroatoms. The lowest BCUT2D eigenvalue weighted by molar-refractivity contribution is 0.0710. The zero-order valence-electron chi connectivity index (χ0n) is 12.0. The molecular weight excluding hydrogens is 272 g/mol. The van der Waals surface area contributed by atoms with Crippen LogP contribution < -0.4 is 4.74 Å². The van der Waals surface area contributed by atoms with E-state index in [2.05, 4.69) is 30.4 Å². The fraction of sp³-hybridized carbons (Fsp3) is 0.467. The second-order valence-corrected chi connectivity index (χ2v) is 6.65. The maximum Gasteiger partial charge on any atom is 0.119 e. The van der Waals surface area contributed by atoms with Crippen molar-refractivity contribution in [3.05, 3.63) is 29.6 Å². The fourth-order valence-electron chi connectivity index (χ4n) is 1.97. The molecule has 0 amide bonds. The molecule has 0 aliphatic carbocycles. The molecule has 20 heavy (non-hydrogen) atoms. The third kappa shape index (κ3) is 4.58. The Labute approximate surface area is 123 Å². The van der Waals surface area contributed by atoms with Crippen LogP contribution in [0.5, 0.6) is 5.75 Å². The first-order chi connectivity index (χ1) is 9.44. The lowest BCUT2D eigenvalue weighted by atomic mass is 9.89. The summed E-state index contributed by atoms with van der Waals surface area (Å²) in [4.78, 5) is 0. The van der Waals surface area contributed by atoms with E-state index >= 15 is 0 Å². The number of nitrogens with zero attached hydrogens (tertiary/aromatic N) is 2. The first kappa shape index (κ1) is 14.9. The number of aromatic nitrogens is 2. The summed E-state index contributed by atoms with van der Waals surface area (Å²) in [5, 5.41) is 15.8. The van der Waals surface area contributed by atoms with E-state index < -0.39 is 6.10 Å². The number of rotatable bonds is 5. The standard InChI is InChI=1S/C15H20N2O2S/c1-15(2,3)8-12(18)9-19-13-6-4-11(5-7-13)14-10-20-17-16-14/h4-7,10,12,18H,8-9H2,1-3H3/t12-/m1/s1. The Hall–Kier alpha value is -1.46. The van der Waals surface area contributed by atoms with Crippen molar-refractivity contribution in [2.45, 2.75) is 33.3 Å². The Morgan fingerprint density at radius 2 is 1.95 bits per heavy atom. The molecule has 0 spiro atoms. The molecule has 0 radical (unpaired) electrons. The van der Waals surface area contributed by atoms with E-state index in [0.29, 0.717) is 6.61 Å². The SMILES string of the molecule is CC(C)(C)C[C@@H](O)COc1ccc(-c2csnn2)cc1. The minimum atomic E-state index is -0.447. The highest BCUT2D eigenvalue weighted by atomic mass is 32.1. The van der Waals surface area contributed by atoms with Gasteiger partial charge in [0.05, 0.1) is 6.10 Å². The lowest BCUT2D eigenvalue weighted by Gasteiger charge is -2.22. The highest BCUT2D eigenvalue weighted by Crippen LogP contribution is 2.23. The highest BCUT2D eigenvalue weighted by molar-refractivity contribution is 7.03. The summed E-state index contributed by atoms with van der Waals surface area (Å²) >= 11 is 1.33. The van der Waals surface area contributed by atoms with Gasteiger partial charge in [-0.3, -0.25) is 0 Å². The summed E-state index contributed by atoms with van der Waals surface area (Å²) < 4.78 is 9.44. The van der Waals surface area contributed by atoms with E-state index in [4.69, 9.17) is 4.74 Å². The minimum Gasteiger partial charge on any atom is -0.491 e. The van der Waals surface area contributed by atoms with Crippen molar-refractivity contribution in [1.29, 1.82) is 0 Å².